The lowest BCUT2D eigenvalue weighted by molar-refractivity contribution is 0.413. The lowest BCUT2D eigenvalue weighted by atomic mass is 10.3. The highest BCUT2D eigenvalue weighted by atomic mass is 32.2. The lowest BCUT2D eigenvalue weighted by Gasteiger charge is -2.09. The number of nitrogens with two attached hydrogens (primary N) is 1. The molecule has 1 unspecified atom stereocenters. The maximum absolute atomic E-state index is 12.5. The van der Waals surface area contributed by atoms with Crippen LogP contribution in [0.5, 0.6) is 5.75 Å². The van der Waals surface area contributed by atoms with E-state index in [0.717, 1.165) is 17.9 Å². The van der Waals surface area contributed by atoms with Gasteiger partial charge >= 0.3 is 0 Å². The first-order valence-electron chi connectivity index (χ1n) is 6.40. The van der Waals surface area contributed by atoms with Crippen LogP contribution in [0.15, 0.2) is 29.2 Å². The average molecular weight is 293 g/mol. The predicted octanol–water partition coefficient (Wildman–Crippen LogP) is 2.11. The third-order valence-corrected chi connectivity index (χ3v) is 4.43. The van der Waals surface area contributed by atoms with Gasteiger partial charge in [-0.2, -0.15) is 5.10 Å². The van der Waals surface area contributed by atoms with Crippen LogP contribution in [0.4, 0.5) is 5.69 Å². The Morgan fingerprint density at radius 1 is 1.40 bits per heavy atom. The van der Waals surface area contributed by atoms with E-state index in [1.165, 1.54) is 0 Å². The fourth-order valence-corrected chi connectivity index (χ4v) is 3.28. The maximum Gasteiger partial charge on any atom is 0.120 e. The number of benzene rings is 1. The largest absolute Gasteiger partial charge is 0.497 e. The van der Waals surface area contributed by atoms with Gasteiger partial charge in [0.2, 0.25) is 0 Å². The van der Waals surface area contributed by atoms with Crippen LogP contribution in [-0.2, 0) is 23.1 Å². The van der Waals surface area contributed by atoms with Crippen molar-refractivity contribution in [2.24, 2.45) is 0 Å². The second-order valence-electron chi connectivity index (χ2n) is 4.49. The van der Waals surface area contributed by atoms with Gasteiger partial charge in [0, 0.05) is 12.2 Å². The Morgan fingerprint density at radius 3 is 2.80 bits per heavy atom. The summed E-state index contributed by atoms with van der Waals surface area (Å²) in [6.07, 6.45) is 0. The molecule has 20 heavy (non-hydrogen) atoms. The van der Waals surface area contributed by atoms with Gasteiger partial charge in [-0.05, 0) is 38.1 Å². The van der Waals surface area contributed by atoms with Crippen LogP contribution in [0.1, 0.15) is 18.3 Å². The van der Waals surface area contributed by atoms with Crippen LogP contribution in [0.3, 0.4) is 0 Å². The summed E-state index contributed by atoms with van der Waals surface area (Å²) in [6.45, 7) is 4.70. The van der Waals surface area contributed by atoms with Gasteiger partial charge in [0.25, 0.3) is 0 Å². The molecular formula is C14H19N3O2S. The molecule has 0 amide bonds. The zero-order valence-electron chi connectivity index (χ0n) is 11.9. The predicted molar refractivity (Wildman–Crippen MR) is 80.2 cm³/mol. The molecule has 0 aliphatic carbocycles. The molecule has 2 N–H and O–H groups in total. The third kappa shape index (κ3) is 3.01. The third-order valence-electron chi connectivity index (χ3n) is 3.03. The highest BCUT2D eigenvalue weighted by molar-refractivity contribution is 7.84. The van der Waals surface area contributed by atoms with Crippen molar-refractivity contribution in [3.05, 3.63) is 35.7 Å². The fraction of sp³-hybridized carbons (Fsp3) is 0.357. The molecule has 1 atom stereocenters. The first kappa shape index (κ1) is 14.6. The summed E-state index contributed by atoms with van der Waals surface area (Å²) in [7, 11) is 0.355. The Hall–Kier alpha value is -1.82. The molecule has 0 spiro atoms. The van der Waals surface area contributed by atoms with E-state index in [2.05, 4.69) is 5.10 Å². The molecule has 0 aliphatic rings. The first-order chi connectivity index (χ1) is 9.55. The second-order valence-corrected chi connectivity index (χ2v) is 5.91. The number of methoxy groups -OCH3 is 1. The average Bonchev–Trinajstić information content (AvgIpc) is 2.79. The highest BCUT2D eigenvalue weighted by Crippen LogP contribution is 2.24. The topological polar surface area (TPSA) is 70.1 Å². The molecule has 1 aromatic heterocycles. The summed E-state index contributed by atoms with van der Waals surface area (Å²) in [5.41, 5.74) is 8.30. The number of hydrogen-bond donors (Lipinski definition) is 1. The molecule has 0 bridgehead atoms. The van der Waals surface area contributed by atoms with Crippen LogP contribution in [0.2, 0.25) is 0 Å². The van der Waals surface area contributed by atoms with Crippen LogP contribution < -0.4 is 10.5 Å². The Bertz CT molecular complexity index is 637. The van der Waals surface area contributed by atoms with E-state index in [1.807, 2.05) is 24.6 Å². The SMILES string of the molecule is CCn1nc(C)cc1CS(=O)c1cc(OC)ccc1N. The number of ether oxygens (including phenoxy) is 1. The molecule has 108 valence electrons. The minimum Gasteiger partial charge on any atom is -0.497 e. The molecule has 1 aromatic carbocycles. The quantitative estimate of drug-likeness (QED) is 0.857. The van der Waals surface area contributed by atoms with Gasteiger partial charge in [-0.3, -0.25) is 8.89 Å². The van der Waals surface area contributed by atoms with Gasteiger partial charge in [0.05, 0.1) is 39.9 Å². The molecule has 0 saturated carbocycles. The zero-order valence-corrected chi connectivity index (χ0v) is 12.7. The minimum absolute atomic E-state index is 0.395. The summed E-state index contributed by atoms with van der Waals surface area (Å²) < 4.78 is 19.5. The number of nitrogen functional groups attached to an aromatic ring is 1. The van der Waals surface area contributed by atoms with Crippen LogP contribution >= 0.6 is 0 Å². The minimum atomic E-state index is -1.22. The zero-order chi connectivity index (χ0) is 14.7. The number of hydrogen-bond acceptors (Lipinski definition) is 4. The smallest absolute Gasteiger partial charge is 0.120 e. The van der Waals surface area contributed by atoms with E-state index in [-0.39, 0.29) is 0 Å². The molecule has 5 nitrogen and oxygen atoms in total. The monoisotopic (exact) mass is 293 g/mol. The van der Waals surface area contributed by atoms with Crippen LogP contribution in [-0.4, -0.2) is 21.1 Å². The van der Waals surface area contributed by atoms with Crippen LogP contribution in [0.25, 0.3) is 0 Å². The van der Waals surface area contributed by atoms with E-state index >= 15 is 0 Å². The second kappa shape index (κ2) is 6.09. The van der Waals surface area contributed by atoms with Crippen molar-refractivity contribution in [1.29, 1.82) is 0 Å². The van der Waals surface area contributed by atoms with E-state index in [9.17, 15) is 4.21 Å². The number of aryl methyl sites for hydroxylation is 2. The van der Waals surface area contributed by atoms with Crippen molar-refractivity contribution in [1.82, 2.24) is 9.78 Å². The van der Waals surface area contributed by atoms with Crippen molar-refractivity contribution in [2.75, 3.05) is 12.8 Å². The maximum atomic E-state index is 12.5. The highest BCUT2D eigenvalue weighted by Gasteiger charge is 2.13. The Labute approximate surface area is 121 Å². The normalized spacial score (nSPS) is 12.3. The molecule has 2 rings (SSSR count). The van der Waals surface area contributed by atoms with Crippen molar-refractivity contribution in [2.45, 2.75) is 31.0 Å². The van der Waals surface area contributed by atoms with Gasteiger partial charge < -0.3 is 10.5 Å². The molecule has 0 aliphatic heterocycles. The molecule has 0 saturated heterocycles. The van der Waals surface area contributed by atoms with Gasteiger partial charge in [-0.25, -0.2) is 0 Å². The Balaban J connectivity index is 2.27. The molecule has 1 heterocycles. The van der Waals surface area contributed by atoms with Crippen molar-refractivity contribution in [3.63, 3.8) is 0 Å². The van der Waals surface area contributed by atoms with Gasteiger partial charge in [-0.1, -0.05) is 0 Å². The summed E-state index contributed by atoms with van der Waals surface area (Å²) >= 11 is 0. The van der Waals surface area contributed by atoms with E-state index in [1.54, 1.807) is 25.3 Å². The van der Waals surface area contributed by atoms with Crippen LogP contribution in [0, 0.1) is 6.92 Å². The number of nitrogens with zero attached hydrogens (tertiary/aromatic N) is 2. The van der Waals surface area contributed by atoms with Crippen molar-refractivity contribution < 1.29 is 8.95 Å². The van der Waals surface area contributed by atoms with E-state index in [0.29, 0.717) is 22.1 Å². The fourth-order valence-electron chi connectivity index (χ4n) is 2.04. The molecule has 0 fully saturated rings. The molecule has 0 radical (unpaired) electrons. The summed E-state index contributed by atoms with van der Waals surface area (Å²) in [6, 6.07) is 7.16. The van der Waals surface area contributed by atoms with E-state index < -0.39 is 10.8 Å². The molecule has 2 aromatic rings. The summed E-state index contributed by atoms with van der Waals surface area (Å²) in [4.78, 5) is 0.603. The number of anilines is 1. The van der Waals surface area contributed by atoms with Crippen molar-refractivity contribution >= 4 is 16.5 Å². The standard InChI is InChI=1S/C14H19N3O2S/c1-4-17-11(7-10(2)16-17)9-20(18)14-8-12(19-3)5-6-13(14)15/h5-8H,4,9,15H2,1-3H3. The molecular weight excluding hydrogens is 274 g/mol. The Kier molecular flexibility index (Phi) is 4.44. The number of aromatic nitrogens is 2. The lowest BCUT2D eigenvalue weighted by Crippen LogP contribution is -2.07. The summed E-state index contributed by atoms with van der Waals surface area (Å²) in [5.74, 6) is 1.05. The first-order valence-corrected chi connectivity index (χ1v) is 7.72. The number of rotatable bonds is 5. The summed E-state index contributed by atoms with van der Waals surface area (Å²) in [5, 5.41) is 4.36. The van der Waals surface area contributed by atoms with Gasteiger partial charge in [-0.15, -0.1) is 0 Å². The van der Waals surface area contributed by atoms with Gasteiger partial charge in [0.15, 0.2) is 0 Å². The molecule has 6 heteroatoms. The van der Waals surface area contributed by atoms with Gasteiger partial charge in [0.1, 0.15) is 5.75 Å². The Morgan fingerprint density at radius 2 is 2.15 bits per heavy atom. The van der Waals surface area contributed by atoms with E-state index in [4.69, 9.17) is 10.5 Å². The van der Waals surface area contributed by atoms with Crippen molar-refractivity contribution in [3.8, 4) is 5.75 Å².